The van der Waals surface area contributed by atoms with Gasteiger partial charge in [0.05, 0.1) is 18.2 Å². The zero-order chi connectivity index (χ0) is 16.8. The molecule has 0 aliphatic carbocycles. The Morgan fingerprint density at radius 3 is 2.19 bits per heavy atom. The van der Waals surface area contributed by atoms with Crippen molar-refractivity contribution in [3.05, 3.63) is 26.7 Å². The first kappa shape index (κ1) is 21.9. The number of methoxy groups -OCH3 is 2. The fourth-order valence-corrected chi connectivity index (χ4v) is 1.49. The molecule has 6 nitrogen and oxygen atoms in total. The molecule has 0 saturated carbocycles. The van der Waals surface area contributed by atoms with Gasteiger partial charge in [-0.05, 0) is 15.9 Å². The van der Waals surface area contributed by atoms with Crippen LogP contribution in [0.25, 0.3) is 0 Å². The van der Waals surface area contributed by atoms with Crippen LogP contribution in [0.5, 0.6) is 5.75 Å². The van der Waals surface area contributed by atoms with Gasteiger partial charge in [-0.2, -0.15) is 0 Å². The minimum atomic E-state index is -0.754. The Morgan fingerprint density at radius 1 is 1.19 bits per heavy atom. The molecule has 0 atom stereocenters. The number of hydrogen-bond donors (Lipinski definition) is 0. The summed E-state index contributed by atoms with van der Waals surface area (Å²) in [6.45, 7) is 8.54. The number of carbonyl (C=O) groups is 1. The normalized spacial score (nSPS) is 8.71. The molecule has 0 aromatic carbocycles. The van der Waals surface area contributed by atoms with Gasteiger partial charge in [0.1, 0.15) is 6.61 Å². The van der Waals surface area contributed by atoms with Gasteiger partial charge in [0.2, 0.25) is 11.5 Å². The van der Waals surface area contributed by atoms with Gasteiger partial charge in [0.15, 0.2) is 0 Å². The second-order valence-electron chi connectivity index (χ2n) is 2.91. The highest BCUT2D eigenvalue weighted by molar-refractivity contribution is 9.10. The fraction of sp³-hybridized carbons (Fsp3) is 0.571. The molecule has 1 heterocycles. The minimum Gasteiger partial charge on any atom is -0.483 e. The average molecular weight is 367 g/mol. The molecule has 1 aromatic rings. The molecule has 0 saturated heterocycles. The molecule has 7 heteroatoms. The zero-order valence-electron chi connectivity index (χ0n) is 13.3. The molecule has 0 aliphatic rings. The van der Waals surface area contributed by atoms with E-state index in [2.05, 4.69) is 20.7 Å². The molecule has 0 bridgehead atoms. The van der Waals surface area contributed by atoms with Crippen LogP contribution in [-0.2, 0) is 9.47 Å². The monoisotopic (exact) mass is 366 g/mol. The van der Waals surface area contributed by atoms with E-state index < -0.39 is 11.6 Å². The predicted molar refractivity (Wildman–Crippen MR) is 84.1 cm³/mol. The molecular weight excluding hydrogens is 344 g/mol. The first-order chi connectivity index (χ1) is 10.1. The van der Waals surface area contributed by atoms with Crippen molar-refractivity contribution in [1.29, 1.82) is 0 Å². The first-order valence-electron chi connectivity index (χ1n) is 6.63. The molecule has 0 amide bonds. The summed E-state index contributed by atoms with van der Waals surface area (Å²) >= 11 is 3.11. The Hall–Kier alpha value is -1.34. The van der Waals surface area contributed by atoms with Crippen molar-refractivity contribution in [1.82, 2.24) is 0 Å². The van der Waals surface area contributed by atoms with Crippen molar-refractivity contribution in [3.63, 3.8) is 0 Å². The lowest BCUT2D eigenvalue weighted by molar-refractivity contribution is 0.0557. The molecule has 1 rings (SSSR count). The molecule has 1 aromatic heterocycles. The predicted octanol–water partition coefficient (Wildman–Crippen LogP) is 3.27. The van der Waals surface area contributed by atoms with Crippen LogP contribution in [0.3, 0.4) is 0 Å². The van der Waals surface area contributed by atoms with Gasteiger partial charge in [0, 0.05) is 13.2 Å². The highest BCUT2D eigenvalue weighted by Gasteiger charge is 2.16. The van der Waals surface area contributed by atoms with Crippen LogP contribution in [0.2, 0.25) is 0 Å². The molecule has 0 unspecified atom stereocenters. The van der Waals surface area contributed by atoms with Crippen LogP contribution in [-0.4, -0.2) is 33.4 Å². The SMILES string of the molecule is CC.CC.COCCOc1c(Br)cc(C(=O)OC)oc1=O. The zero-order valence-corrected chi connectivity index (χ0v) is 14.9. The standard InChI is InChI=1S/C10H11BrO6.2C2H6/c1-14-3-4-16-8-6(11)5-7(9(12)15-2)17-10(8)13;2*1-2/h5H,3-4H2,1-2H3;2*1-2H3. The van der Waals surface area contributed by atoms with Crippen molar-refractivity contribution in [2.75, 3.05) is 27.4 Å². The largest absolute Gasteiger partial charge is 0.483 e. The molecule has 0 N–H and O–H groups in total. The molecule has 0 radical (unpaired) electrons. The molecule has 21 heavy (non-hydrogen) atoms. The van der Waals surface area contributed by atoms with E-state index >= 15 is 0 Å². The van der Waals surface area contributed by atoms with Crippen LogP contribution in [0.1, 0.15) is 38.2 Å². The summed E-state index contributed by atoms with van der Waals surface area (Å²) in [4.78, 5) is 22.7. The van der Waals surface area contributed by atoms with Crippen LogP contribution in [0.15, 0.2) is 19.8 Å². The van der Waals surface area contributed by atoms with Gasteiger partial charge >= 0.3 is 11.6 Å². The molecule has 0 spiro atoms. The van der Waals surface area contributed by atoms with Crippen LogP contribution < -0.4 is 10.4 Å². The maximum atomic E-state index is 11.5. The van der Waals surface area contributed by atoms with E-state index in [9.17, 15) is 9.59 Å². The summed E-state index contributed by atoms with van der Waals surface area (Å²) in [6, 6.07) is 1.31. The van der Waals surface area contributed by atoms with Crippen LogP contribution in [0.4, 0.5) is 0 Å². The van der Waals surface area contributed by atoms with Gasteiger partial charge in [-0.15, -0.1) is 0 Å². The average Bonchev–Trinajstić information content (AvgIpc) is 2.53. The van der Waals surface area contributed by atoms with Crippen molar-refractivity contribution in [2.45, 2.75) is 27.7 Å². The lowest BCUT2D eigenvalue weighted by Gasteiger charge is -2.06. The van der Waals surface area contributed by atoms with E-state index in [-0.39, 0.29) is 18.1 Å². The Kier molecular flexibility index (Phi) is 14.3. The second kappa shape index (κ2) is 13.6. The summed E-state index contributed by atoms with van der Waals surface area (Å²) < 4.78 is 19.4. The number of carbonyl (C=O) groups excluding carboxylic acids is 1. The molecule has 0 fully saturated rings. The van der Waals surface area contributed by atoms with Gasteiger partial charge in [0.25, 0.3) is 0 Å². The van der Waals surface area contributed by atoms with E-state index in [4.69, 9.17) is 13.9 Å². The molecule has 122 valence electrons. The summed E-state index contributed by atoms with van der Waals surface area (Å²) in [5, 5.41) is 0. The third-order valence-corrected chi connectivity index (χ3v) is 2.37. The second-order valence-corrected chi connectivity index (χ2v) is 3.76. The Balaban J connectivity index is 0. The van der Waals surface area contributed by atoms with Gasteiger partial charge in [-0.25, -0.2) is 9.59 Å². The summed E-state index contributed by atoms with van der Waals surface area (Å²) in [6.07, 6.45) is 0. The number of halogens is 1. The van der Waals surface area contributed by atoms with Crippen LogP contribution in [0, 0.1) is 0 Å². The van der Waals surface area contributed by atoms with E-state index in [0.29, 0.717) is 11.1 Å². The topological polar surface area (TPSA) is 75.0 Å². The first-order valence-corrected chi connectivity index (χ1v) is 7.43. The van der Waals surface area contributed by atoms with Gasteiger partial charge < -0.3 is 18.6 Å². The van der Waals surface area contributed by atoms with E-state index in [1.807, 2.05) is 27.7 Å². The summed E-state index contributed by atoms with van der Waals surface area (Å²) in [5.41, 5.74) is -0.754. The lowest BCUT2D eigenvalue weighted by atomic mass is 10.4. The maximum Gasteiger partial charge on any atom is 0.380 e. The lowest BCUT2D eigenvalue weighted by Crippen LogP contribution is -2.14. The van der Waals surface area contributed by atoms with Crippen LogP contribution >= 0.6 is 15.9 Å². The van der Waals surface area contributed by atoms with Gasteiger partial charge in [-0.1, -0.05) is 27.7 Å². The Morgan fingerprint density at radius 2 is 1.76 bits per heavy atom. The number of ether oxygens (including phenoxy) is 3. The maximum absolute atomic E-state index is 11.5. The minimum absolute atomic E-state index is 0.00490. The van der Waals surface area contributed by atoms with Gasteiger partial charge in [-0.3, -0.25) is 0 Å². The summed E-state index contributed by atoms with van der Waals surface area (Å²) in [5.74, 6) is -0.926. The van der Waals surface area contributed by atoms with Crippen molar-refractivity contribution >= 4 is 21.9 Å². The molecular formula is C14H23BrO6. The number of hydrogen-bond acceptors (Lipinski definition) is 6. The Bertz CT molecular complexity index is 455. The third kappa shape index (κ3) is 7.87. The summed E-state index contributed by atoms with van der Waals surface area (Å²) in [7, 11) is 2.71. The van der Waals surface area contributed by atoms with Crippen molar-refractivity contribution in [3.8, 4) is 5.75 Å². The highest BCUT2D eigenvalue weighted by Crippen LogP contribution is 2.22. The number of rotatable bonds is 5. The number of esters is 1. The van der Waals surface area contributed by atoms with E-state index in [0.717, 1.165) is 0 Å². The van der Waals surface area contributed by atoms with Crippen molar-refractivity contribution < 1.29 is 23.4 Å². The van der Waals surface area contributed by atoms with E-state index in [1.54, 1.807) is 0 Å². The quantitative estimate of drug-likeness (QED) is 0.587. The van der Waals surface area contributed by atoms with E-state index in [1.165, 1.54) is 20.3 Å². The highest BCUT2D eigenvalue weighted by atomic mass is 79.9. The third-order valence-electron chi connectivity index (χ3n) is 1.78. The van der Waals surface area contributed by atoms with Crippen molar-refractivity contribution in [2.24, 2.45) is 0 Å². The fourth-order valence-electron chi connectivity index (χ4n) is 1.01. The Labute approximate surface area is 133 Å². The molecule has 0 aliphatic heterocycles. The smallest absolute Gasteiger partial charge is 0.380 e.